The zero-order valence-corrected chi connectivity index (χ0v) is 13.3. The molecular formula is C19H17NOS. The largest absolute Gasteiger partial charge is 0.334 e. The second-order valence-corrected chi connectivity index (χ2v) is 6.90. The lowest BCUT2D eigenvalue weighted by molar-refractivity contribution is 0.0735. The number of carbonyl (C=O) groups is 1. The summed E-state index contributed by atoms with van der Waals surface area (Å²) in [5, 5.41) is 1.15. The number of benzene rings is 2. The number of thiophene rings is 1. The maximum absolute atomic E-state index is 12.8. The van der Waals surface area contributed by atoms with Crippen LogP contribution in [-0.4, -0.2) is 17.9 Å². The zero-order chi connectivity index (χ0) is 15.1. The van der Waals surface area contributed by atoms with Crippen molar-refractivity contribution >= 4 is 27.3 Å². The third-order valence-corrected chi connectivity index (χ3v) is 5.63. The number of amides is 1. The van der Waals surface area contributed by atoms with Gasteiger partial charge < -0.3 is 4.90 Å². The Bertz CT molecular complexity index is 818. The van der Waals surface area contributed by atoms with Crippen LogP contribution >= 0.6 is 11.3 Å². The molecule has 0 unspecified atom stereocenters. The Balaban J connectivity index is 1.65. The first-order chi connectivity index (χ1) is 10.7. The van der Waals surface area contributed by atoms with Crippen molar-refractivity contribution in [3.8, 4) is 0 Å². The summed E-state index contributed by atoms with van der Waals surface area (Å²) in [7, 11) is 1.93. The van der Waals surface area contributed by atoms with Gasteiger partial charge in [0.15, 0.2) is 0 Å². The van der Waals surface area contributed by atoms with Crippen LogP contribution in [0.5, 0.6) is 0 Å². The second-order valence-electron chi connectivity index (χ2n) is 5.82. The summed E-state index contributed by atoms with van der Waals surface area (Å²) in [5.74, 6) is 0.128. The highest BCUT2D eigenvalue weighted by Crippen LogP contribution is 2.36. The SMILES string of the molecule is CN(C(=O)c1cc2ccccc2s1)[C@@H]1CCc2ccccc21. The molecule has 4 rings (SSSR count). The molecule has 22 heavy (non-hydrogen) atoms. The van der Waals surface area contributed by atoms with Crippen molar-refractivity contribution in [2.24, 2.45) is 0 Å². The van der Waals surface area contributed by atoms with E-state index < -0.39 is 0 Å². The Labute approximate surface area is 134 Å². The van der Waals surface area contributed by atoms with Gasteiger partial charge in [-0.15, -0.1) is 11.3 Å². The van der Waals surface area contributed by atoms with Gasteiger partial charge in [0.25, 0.3) is 5.91 Å². The van der Waals surface area contributed by atoms with E-state index in [1.54, 1.807) is 11.3 Å². The molecule has 0 bridgehead atoms. The van der Waals surface area contributed by atoms with Crippen LogP contribution in [0.1, 0.15) is 33.3 Å². The highest BCUT2D eigenvalue weighted by atomic mass is 32.1. The minimum Gasteiger partial charge on any atom is -0.334 e. The molecule has 0 radical (unpaired) electrons. The van der Waals surface area contributed by atoms with Crippen LogP contribution in [0.15, 0.2) is 54.6 Å². The highest BCUT2D eigenvalue weighted by molar-refractivity contribution is 7.20. The molecule has 2 nitrogen and oxygen atoms in total. The maximum Gasteiger partial charge on any atom is 0.264 e. The highest BCUT2D eigenvalue weighted by Gasteiger charge is 2.29. The molecule has 0 spiro atoms. The summed E-state index contributed by atoms with van der Waals surface area (Å²) >= 11 is 1.58. The van der Waals surface area contributed by atoms with E-state index in [1.165, 1.54) is 15.8 Å². The molecule has 1 amide bonds. The molecule has 0 aliphatic heterocycles. The quantitative estimate of drug-likeness (QED) is 0.674. The minimum absolute atomic E-state index is 0.128. The van der Waals surface area contributed by atoms with Gasteiger partial charge >= 0.3 is 0 Å². The van der Waals surface area contributed by atoms with E-state index in [0.717, 1.165) is 23.1 Å². The van der Waals surface area contributed by atoms with Crippen molar-refractivity contribution in [2.45, 2.75) is 18.9 Å². The molecule has 110 valence electrons. The molecule has 1 heterocycles. The van der Waals surface area contributed by atoms with Gasteiger partial charge in [-0.1, -0.05) is 42.5 Å². The van der Waals surface area contributed by atoms with Crippen LogP contribution in [0.25, 0.3) is 10.1 Å². The number of hydrogen-bond acceptors (Lipinski definition) is 2. The molecule has 0 fully saturated rings. The van der Waals surface area contributed by atoms with Crippen LogP contribution < -0.4 is 0 Å². The number of rotatable bonds is 2. The molecule has 0 saturated carbocycles. The molecular weight excluding hydrogens is 290 g/mol. The van der Waals surface area contributed by atoms with Gasteiger partial charge in [-0.05, 0) is 41.5 Å². The summed E-state index contributed by atoms with van der Waals surface area (Å²) in [6, 6.07) is 18.9. The fourth-order valence-electron chi connectivity index (χ4n) is 3.34. The topological polar surface area (TPSA) is 20.3 Å². The van der Waals surface area contributed by atoms with Gasteiger partial charge in [0.2, 0.25) is 0 Å². The Morgan fingerprint density at radius 1 is 1.14 bits per heavy atom. The number of nitrogens with zero attached hydrogens (tertiary/aromatic N) is 1. The first kappa shape index (κ1) is 13.5. The smallest absolute Gasteiger partial charge is 0.264 e. The second kappa shape index (κ2) is 5.25. The molecule has 3 heteroatoms. The Morgan fingerprint density at radius 2 is 1.91 bits per heavy atom. The van der Waals surface area contributed by atoms with Gasteiger partial charge in [0.1, 0.15) is 0 Å². The van der Waals surface area contributed by atoms with Crippen molar-refractivity contribution in [1.29, 1.82) is 0 Å². The first-order valence-electron chi connectivity index (χ1n) is 7.57. The van der Waals surface area contributed by atoms with Crippen LogP contribution in [0.3, 0.4) is 0 Å². The molecule has 2 aromatic carbocycles. The summed E-state index contributed by atoms with van der Waals surface area (Å²) in [4.78, 5) is 15.6. The summed E-state index contributed by atoms with van der Waals surface area (Å²) in [6.07, 6.45) is 2.08. The minimum atomic E-state index is 0.128. The van der Waals surface area contributed by atoms with E-state index in [-0.39, 0.29) is 11.9 Å². The number of carbonyl (C=O) groups excluding carboxylic acids is 1. The van der Waals surface area contributed by atoms with Gasteiger partial charge in [-0.25, -0.2) is 0 Å². The lowest BCUT2D eigenvalue weighted by Gasteiger charge is -2.25. The lowest BCUT2D eigenvalue weighted by atomic mass is 10.1. The molecule has 0 saturated heterocycles. The predicted octanol–water partition coefficient (Wildman–Crippen LogP) is 4.66. The van der Waals surface area contributed by atoms with Crippen molar-refractivity contribution in [3.05, 3.63) is 70.6 Å². The van der Waals surface area contributed by atoms with Gasteiger partial charge in [-0.3, -0.25) is 4.79 Å². The van der Waals surface area contributed by atoms with Crippen LogP contribution in [0.4, 0.5) is 0 Å². The van der Waals surface area contributed by atoms with E-state index >= 15 is 0 Å². The van der Waals surface area contributed by atoms with Gasteiger partial charge in [0.05, 0.1) is 10.9 Å². The average Bonchev–Trinajstić information content (AvgIpc) is 3.17. The fourth-order valence-corrected chi connectivity index (χ4v) is 4.39. The van der Waals surface area contributed by atoms with Crippen molar-refractivity contribution < 1.29 is 4.79 Å². The third kappa shape index (κ3) is 2.13. The summed E-state index contributed by atoms with van der Waals surface area (Å²) in [6.45, 7) is 0. The molecule has 1 atom stereocenters. The molecule has 1 aromatic heterocycles. The number of fused-ring (bicyclic) bond motifs is 2. The van der Waals surface area contributed by atoms with Crippen LogP contribution in [0, 0.1) is 0 Å². The first-order valence-corrected chi connectivity index (χ1v) is 8.39. The maximum atomic E-state index is 12.8. The Kier molecular flexibility index (Phi) is 3.23. The fraction of sp³-hybridized carbons (Fsp3) is 0.211. The van der Waals surface area contributed by atoms with E-state index in [0.29, 0.717) is 0 Å². The van der Waals surface area contributed by atoms with Crippen LogP contribution in [-0.2, 0) is 6.42 Å². The Hall–Kier alpha value is -2.13. The summed E-state index contributed by atoms with van der Waals surface area (Å²) < 4.78 is 1.17. The van der Waals surface area contributed by atoms with Crippen molar-refractivity contribution in [3.63, 3.8) is 0 Å². The van der Waals surface area contributed by atoms with Crippen molar-refractivity contribution in [1.82, 2.24) is 4.90 Å². The van der Waals surface area contributed by atoms with E-state index in [4.69, 9.17) is 0 Å². The molecule has 3 aromatic rings. The molecule has 0 N–H and O–H groups in total. The standard InChI is InChI=1S/C19H17NOS/c1-20(16-11-10-13-6-2-4-8-15(13)16)19(21)18-12-14-7-3-5-9-17(14)22-18/h2-9,12,16H,10-11H2,1H3/t16-/m1/s1. The average molecular weight is 307 g/mol. The normalized spacial score (nSPS) is 16.7. The van der Waals surface area contributed by atoms with Crippen LogP contribution in [0.2, 0.25) is 0 Å². The lowest BCUT2D eigenvalue weighted by Crippen LogP contribution is -2.29. The number of hydrogen-bond donors (Lipinski definition) is 0. The van der Waals surface area contributed by atoms with Crippen molar-refractivity contribution in [2.75, 3.05) is 7.05 Å². The Morgan fingerprint density at radius 3 is 2.77 bits per heavy atom. The number of aryl methyl sites for hydroxylation is 1. The molecule has 1 aliphatic carbocycles. The predicted molar refractivity (Wildman–Crippen MR) is 91.4 cm³/mol. The summed E-state index contributed by atoms with van der Waals surface area (Å²) in [5.41, 5.74) is 2.68. The van der Waals surface area contributed by atoms with Gasteiger partial charge in [0, 0.05) is 11.7 Å². The van der Waals surface area contributed by atoms with Gasteiger partial charge in [-0.2, -0.15) is 0 Å². The van der Waals surface area contributed by atoms with E-state index in [2.05, 4.69) is 36.4 Å². The zero-order valence-electron chi connectivity index (χ0n) is 12.5. The monoisotopic (exact) mass is 307 g/mol. The van der Waals surface area contributed by atoms with E-state index in [9.17, 15) is 4.79 Å². The van der Waals surface area contributed by atoms with E-state index in [1.807, 2.05) is 30.1 Å². The molecule has 1 aliphatic rings. The third-order valence-electron chi connectivity index (χ3n) is 4.53.